The van der Waals surface area contributed by atoms with Crippen LogP contribution < -0.4 is 0 Å². The molecule has 0 saturated heterocycles. The van der Waals surface area contributed by atoms with Gasteiger partial charge in [0.2, 0.25) is 0 Å². The summed E-state index contributed by atoms with van der Waals surface area (Å²) in [5.41, 5.74) is 5.04. The molecule has 3 nitrogen and oxygen atoms in total. The van der Waals surface area contributed by atoms with Gasteiger partial charge in [0, 0.05) is 39.3 Å². The number of rotatable bonds is 12. The summed E-state index contributed by atoms with van der Waals surface area (Å²) in [4.78, 5) is 4.69. The molecule has 0 saturated carbocycles. The second-order valence-electron chi connectivity index (χ2n) is 8.94. The molecular weight excluding hydrogens is 452 g/mol. The van der Waals surface area contributed by atoms with E-state index in [0.29, 0.717) is 13.1 Å². The number of aliphatic hydroxyl groups excluding tert-OH is 1. The van der Waals surface area contributed by atoms with Crippen LogP contribution in [0.3, 0.4) is 0 Å². The van der Waals surface area contributed by atoms with Crippen molar-refractivity contribution in [3.8, 4) is 0 Å². The predicted octanol–water partition coefficient (Wildman–Crippen LogP) is 6.17. The van der Waals surface area contributed by atoms with Crippen molar-refractivity contribution in [3.05, 3.63) is 144 Å². The van der Waals surface area contributed by atoms with Crippen molar-refractivity contribution in [1.29, 1.82) is 0 Å². The lowest BCUT2D eigenvalue weighted by Gasteiger charge is -2.29. The van der Waals surface area contributed by atoms with Gasteiger partial charge in [0.1, 0.15) is 0 Å². The lowest BCUT2D eigenvalue weighted by molar-refractivity contribution is 0.0631. The van der Waals surface area contributed by atoms with Gasteiger partial charge in [-0.2, -0.15) is 0 Å². The molecule has 0 atom stereocenters. The van der Waals surface area contributed by atoms with Gasteiger partial charge in [-0.05, 0) is 22.3 Å². The highest BCUT2D eigenvalue weighted by molar-refractivity contribution is 5.85. The molecule has 35 heavy (non-hydrogen) atoms. The Hall–Kier alpha value is -2.95. The first-order valence-corrected chi connectivity index (χ1v) is 12.0. The fourth-order valence-corrected chi connectivity index (χ4v) is 4.39. The molecule has 0 unspecified atom stereocenters. The summed E-state index contributed by atoms with van der Waals surface area (Å²) < 4.78 is 0. The maximum Gasteiger partial charge on any atom is 0.0794 e. The van der Waals surface area contributed by atoms with Crippen LogP contribution in [0.1, 0.15) is 22.3 Å². The zero-order valence-corrected chi connectivity index (χ0v) is 20.9. The van der Waals surface area contributed by atoms with Crippen molar-refractivity contribution >= 4 is 12.4 Å². The lowest BCUT2D eigenvalue weighted by Crippen LogP contribution is -2.39. The average molecular weight is 487 g/mol. The highest BCUT2D eigenvalue weighted by atomic mass is 35.5. The van der Waals surface area contributed by atoms with Crippen molar-refractivity contribution < 1.29 is 5.11 Å². The largest absolute Gasteiger partial charge is 0.390 e. The third-order valence-electron chi connectivity index (χ3n) is 5.93. The van der Waals surface area contributed by atoms with Crippen molar-refractivity contribution in [2.24, 2.45) is 0 Å². The van der Waals surface area contributed by atoms with E-state index in [0.717, 1.165) is 26.2 Å². The average Bonchev–Trinajstić information content (AvgIpc) is 2.86. The summed E-state index contributed by atoms with van der Waals surface area (Å²) in [7, 11) is 0. The first-order chi connectivity index (χ1) is 16.7. The maximum atomic E-state index is 11.2. The van der Waals surface area contributed by atoms with Crippen LogP contribution in [-0.2, 0) is 26.2 Å². The summed E-state index contributed by atoms with van der Waals surface area (Å²) in [5.74, 6) is 0. The Morgan fingerprint density at radius 2 is 0.657 bits per heavy atom. The van der Waals surface area contributed by atoms with Crippen LogP contribution in [0.2, 0.25) is 0 Å². The molecular formula is C31H35ClN2O. The molecule has 0 aromatic heterocycles. The lowest BCUT2D eigenvalue weighted by atomic mass is 10.1. The molecule has 0 radical (unpaired) electrons. The van der Waals surface area contributed by atoms with Crippen LogP contribution in [0.15, 0.2) is 121 Å². The van der Waals surface area contributed by atoms with Crippen LogP contribution in [-0.4, -0.2) is 34.1 Å². The molecule has 4 aromatic rings. The number of hydrogen-bond donors (Lipinski definition) is 1. The van der Waals surface area contributed by atoms with Crippen molar-refractivity contribution in [2.75, 3.05) is 13.1 Å². The second kappa shape index (κ2) is 14.4. The third-order valence-corrected chi connectivity index (χ3v) is 5.93. The molecule has 4 rings (SSSR count). The Morgan fingerprint density at radius 1 is 0.429 bits per heavy atom. The quantitative estimate of drug-likeness (QED) is 0.259. The molecule has 182 valence electrons. The molecule has 0 spiro atoms. The Kier molecular flexibility index (Phi) is 11.0. The summed E-state index contributed by atoms with van der Waals surface area (Å²) in [6.07, 6.45) is -0.458. The first-order valence-electron chi connectivity index (χ1n) is 12.0. The summed E-state index contributed by atoms with van der Waals surface area (Å²) in [6, 6.07) is 42.0. The van der Waals surface area contributed by atoms with E-state index in [9.17, 15) is 5.11 Å². The van der Waals surface area contributed by atoms with E-state index in [2.05, 4.69) is 107 Å². The Bertz CT molecular complexity index is 906. The normalized spacial score (nSPS) is 11.1. The first kappa shape index (κ1) is 26.7. The molecule has 0 bridgehead atoms. The van der Waals surface area contributed by atoms with E-state index in [1.54, 1.807) is 0 Å². The SMILES string of the molecule is Cl.OC(CN(Cc1ccccc1)Cc1ccccc1)CN(Cc1ccccc1)Cc1ccccc1. The molecule has 4 aromatic carbocycles. The van der Waals surface area contributed by atoms with Gasteiger partial charge in [-0.1, -0.05) is 121 Å². The van der Waals surface area contributed by atoms with Gasteiger partial charge >= 0.3 is 0 Å². The monoisotopic (exact) mass is 486 g/mol. The fourth-order valence-electron chi connectivity index (χ4n) is 4.39. The van der Waals surface area contributed by atoms with Crippen molar-refractivity contribution in [3.63, 3.8) is 0 Å². The van der Waals surface area contributed by atoms with Gasteiger partial charge in [-0.25, -0.2) is 0 Å². The number of halogens is 1. The number of hydrogen-bond acceptors (Lipinski definition) is 3. The minimum absolute atomic E-state index is 0. The Morgan fingerprint density at radius 3 is 0.886 bits per heavy atom. The molecule has 0 fully saturated rings. The minimum atomic E-state index is -0.458. The fraction of sp³-hybridized carbons (Fsp3) is 0.226. The van der Waals surface area contributed by atoms with E-state index in [4.69, 9.17) is 0 Å². The van der Waals surface area contributed by atoms with Gasteiger partial charge in [-0.15, -0.1) is 12.4 Å². The molecule has 0 heterocycles. The van der Waals surface area contributed by atoms with Crippen LogP contribution in [0.25, 0.3) is 0 Å². The smallest absolute Gasteiger partial charge is 0.0794 e. The minimum Gasteiger partial charge on any atom is -0.390 e. The van der Waals surface area contributed by atoms with Crippen LogP contribution in [0.4, 0.5) is 0 Å². The van der Waals surface area contributed by atoms with Crippen LogP contribution in [0.5, 0.6) is 0 Å². The molecule has 0 aliphatic carbocycles. The standard InChI is InChI=1S/C31H34N2O.ClH/c34-31(25-32(21-27-13-5-1-6-14-27)22-28-15-7-2-8-16-28)26-33(23-29-17-9-3-10-18-29)24-30-19-11-4-12-20-30;/h1-20,31,34H,21-26H2;1H. The van der Waals surface area contributed by atoms with Gasteiger partial charge < -0.3 is 5.11 Å². The van der Waals surface area contributed by atoms with Gasteiger partial charge in [-0.3, -0.25) is 9.80 Å². The topological polar surface area (TPSA) is 26.7 Å². The predicted molar refractivity (Wildman–Crippen MR) is 147 cm³/mol. The van der Waals surface area contributed by atoms with Crippen LogP contribution in [0, 0.1) is 0 Å². The molecule has 0 amide bonds. The highest BCUT2D eigenvalue weighted by Crippen LogP contribution is 2.14. The summed E-state index contributed by atoms with van der Waals surface area (Å²) >= 11 is 0. The zero-order chi connectivity index (χ0) is 23.4. The van der Waals surface area contributed by atoms with E-state index >= 15 is 0 Å². The zero-order valence-electron chi connectivity index (χ0n) is 20.1. The van der Waals surface area contributed by atoms with E-state index < -0.39 is 6.10 Å². The molecule has 0 aliphatic heterocycles. The molecule has 4 heteroatoms. The highest BCUT2D eigenvalue weighted by Gasteiger charge is 2.17. The van der Waals surface area contributed by atoms with Gasteiger partial charge in [0.25, 0.3) is 0 Å². The number of nitrogens with zero attached hydrogens (tertiary/aromatic N) is 2. The van der Waals surface area contributed by atoms with Crippen molar-refractivity contribution in [2.45, 2.75) is 32.3 Å². The van der Waals surface area contributed by atoms with Gasteiger partial charge in [0.05, 0.1) is 6.10 Å². The van der Waals surface area contributed by atoms with Gasteiger partial charge in [0.15, 0.2) is 0 Å². The second-order valence-corrected chi connectivity index (χ2v) is 8.94. The van der Waals surface area contributed by atoms with Crippen LogP contribution >= 0.6 is 12.4 Å². The third kappa shape index (κ3) is 9.31. The van der Waals surface area contributed by atoms with E-state index in [1.165, 1.54) is 22.3 Å². The summed E-state index contributed by atoms with van der Waals surface area (Å²) in [6.45, 7) is 4.47. The number of benzene rings is 4. The number of aliphatic hydroxyl groups is 1. The maximum absolute atomic E-state index is 11.2. The molecule has 1 N–H and O–H groups in total. The molecule has 0 aliphatic rings. The van der Waals surface area contributed by atoms with E-state index in [-0.39, 0.29) is 12.4 Å². The summed E-state index contributed by atoms with van der Waals surface area (Å²) in [5, 5.41) is 11.2. The Labute approximate surface area is 216 Å². The Balaban J connectivity index is 0.00000342. The van der Waals surface area contributed by atoms with Crippen molar-refractivity contribution in [1.82, 2.24) is 9.80 Å². The van der Waals surface area contributed by atoms with E-state index in [1.807, 2.05) is 24.3 Å².